The third kappa shape index (κ3) is 6.20. The molecule has 0 spiro atoms. The summed E-state index contributed by atoms with van der Waals surface area (Å²) in [5.41, 5.74) is 1.52. The number of hydrogen-bond donors (Lipinski definition) is 0. The third-order valence-electron chi connectivity index (χ3n) is 6.56. The number of benzene rings is 3. The number of hydrogen-bond acceptors (Lipinski definition) is 6. The average Bonchev–Trinajstić information content (AvgIpc) is 2.98. The number of methoxy groups -OCH3 is 1. The Morgan fingerprint density at radius 2 is 1.21 bits per heavy atom. The maximum absolute atomic E-state index is 14.2. The zero-order valence-electron chi connectivity index (χ0n) is 22.6. The fraction of sp³-hybridized carbons (Fsp3) is 0.0938. The van der Waals surface area contributed by atoms with Crippen LogP contribution in [0.1, 0.15) is 12.5 Å². The number of amides is 1. The van der Waals surface area contributed by atoms with Gasteiger partial charge in [-0.1, -0.05) is 65.1 Å². The molecule has 1 amide bonds. The molecule has 0 aliphatic heterocycles. The van der Waals surface area contributed by atoms with Crippen LogP contribution in [0.5, 0.6) is 29.0 Å². The van der Waals surface area contributed by atoms with Crippen LogP contribution in [0.3, 0.4) is 0 Å². The molecule has 2 aromatic heterocycles. The van der Waals surface area contributed by atoms with Crippen molar-refractivity contribution in [2.24, 2.45) is 0 Å². The van der Waals surface area contributed by atoms with Gasteiger partial charge in [0.1, 0.15) is 34.1 Å². The first-order valence-electron chi connectivity index (χ1n) is 12.8. The Labute approximate surface area is 258 Å². The predicted octanol–water partition coefficient (Wildman–Crippen LogP) is 9.42. The Morgan fingerprint density at radius 3 is 1.76 bits per heavy atom. The van der Waals surface area contributed by atoms with Crippen LogP contribution in [0, 0.1) is 0 Å². The minimum atomic E-state index is -0.459. The largest absolute Gasteiger partial charge is 0.496 e. The van der Waals surface area contributed by atoms with Gasteiger partial charge in [0, 0.05) is 22.7 Å². The van der Waals surface area contributed by atoms with Gasteiger partial charge in [-0.05, 0) is 60.7 Å². The number of ether oxygens (including phenoxy) is 3. The summed E-state index contributed by atoms with van der Waals surface area (Å²) in [6.07, 6.45) is 0. The molecular formula is C32H25Cl3N3O4+. The third-order valence-corrected chi connectivity index (χ3v) is 7.23. The fourth-order valence-corrected chi connectivity index (χ4v) is 5.01. The van der Waals surface area contributed by atoms with Gasteiger partial charge in [-0.25, -0.2) is 4.79 Å². The molecule has 0 saturated heterocycles. The number of carbonyl (C=O) groups is 1. The molecule has 212 valence electrons. The Bertz CT molecular complexity index is 1720. The molecule has 42 heavy (non-hydrogen) atoms. The number of para-hydroxylation sites is 2. The van der Waals surface area contributed by atoms with Gasteiger partial charge < -0.3 is 14.2 Å². The quantitative estimate of drug-likeness (QED) is 0.121. The van der Waals surface area contributed by atoms with Crippen LogP contribution >= 0.6 is 34.8 Å². The van der Waals surface area contributed by atoms with E-state index >= 15 is 0 Å². The van der Waals surface area contributed by atoms with Gasteiger partial charge in [0.25, 0.3) is 11.8 Å². The summed E-state index contributed by atoms with van der Waals surface area (Å²) >= 11 is 18.8. The Kier molecular flexibility index (Phi) is 8.94. The Morgan fingerprint density at radius 1 is 0.690 bits per heavy atom. The van der Waals surface area contributed by atoms with Crippen LogP contribution < -0.4 is 18.7 Å². The van der Waals surface area contributed by atoms with Crippen LogP contribution in [0.4, 0.5) is 11.4 Å². The number of carbonyl (C=O) groups excluding carboxylic acids is 1. The lowest BCUT2D eigenvalue weighted by Gasteiger charge is -2.35. The summed E-state index contributed by atoms with van der Waals surface area (Å²) in [6.45, 7) is 1.57. The molecule has 3 aromatic carbocycles. The van der Waals surface area contributed by atoms with Gasteiger partial charge in [-0.3, -0.25) is 0 Å². The standard InChI is InChI=1S/C32H25Cl3N3O4/c1-21(39)38(20-22-8-6-7-11-28(22)40-2,26-16-18-29(34)36-31(26)41-24-9-4-3-5-10-24)27-17-19-30(35)37-32(27)42-25-14-12-23(33)13-15-25/h3-19H,20H2,1-2H3/q+1. The van der Waals surface area contributed by atoms with Crippen LogP contribution in [0.15, 0.2) is 103 Å². The molecule has 5 rings (SSSR count). The van der Waals surface area contributed by atoms with Crippen molar-refractivity contribution in [3.8, 4) is 29.0 Å². The average molecular weight is 622 g/mol. The molecular weight excluding hydrogens is 597 g/mol. The first kappa shape index (κ1) is 29.4. The molecule has 0 saturated carbocycles. The summed E-state index contributed by atoms with van der Waals surface area (Å²) in [6, 6.07) is 30.0. The molecule has 7 nitrogen and oxygen atoms in total. The SMILES string of the molecule is COc1ccccc1C[N+](C(C)=O)(c1ccc(Cl)nc1Oc1ccccc1)c1ccc(Cl)nc1Oc1ccc(Cl)cc1. The predicted molar refractivity (Wildman–Crippen MR) is 165 cm³/mol. The van der Waals surface area contributed by atoms with Crippen molar-refractivity contribution in [1.29, 1.82) is 0 Å². The second-order valence-corrected chi connectivity index (χ2v) is 10.4. The maximum Gasteiger partial charge on any atom is 0.321 e. The second kappa shape index (κ2) is 12.8. The topological polar surface area (TPSA) is 70.5 Å². The molecule has 0 radical (unpaired) electrons. The number of aromatic nitrogens is 2. The highest BCUT2D eigenvalue weighted by atomic mass is 35.5. The molecule has 2 heterocycles. The van der Waals surface area contributed by atoms with Crippen LogP contribution in [-0.2, 0) is 11.3 Å². The number of halogens is 3. The van der Waals surface area contributed by atoms with E-state index in [1.807, 2.05) is 42.5 Å². The maximum atomic E-state index is 14.2. The van der Waals surface area contributed by atoms with Crippen LogP contribution in [0.25, 0.3) is 0 Å². The van der Waals surface area contributed by atoms with Gasteiger partial charge in [0.2, 0.25) is 11.4 Å². The van der Waals surface area contributed by atoms with Gasteiger partial charge in [0.15, 0.2) is 0 Å². The van der Waals surface area contributed by atoms with Crippen molar-refractivity contribution in [3.63, 3.8) is 0 Å². The Hall–Kier alpha value is -4.14. The van der Waals surface area contributed by atoms with Crippen molar-refractivity contribution in [2.45, 2.75) is 13.5 Å². The summed E-state index contributed by atoms with van der Waals surface area (Å²) in [4.78, 5) is 23.2. The molecule has 0 bridgehead atoms. The zero-order valence-corrected chi connectivity index (χ0v) is 24.9. The molecule has 0 N–H and O–H groups in total. The first-order chi connectivity index (χ1) is 20.3. The van der Waals surface area contributed by atoms with Crippen molar-refractivity contribution in [1.82, 2.24) is 14.5 Å². The fourth-order valence-electron chi connectivity index (χ4n) is 4.61. The molecule has 5 aromatic rings. The summed E-state index contributed by atoms with van der Waals surface area (Å²) < 4.78 is 17.7. The number of pyridine rings is 2. The van der Waals surface area contributed by atoms with Crippen molar-refractivity contribution >= 4 is 52.1 Å². The van der Waals surface area contributed by atoms with E-state index in [2.05, 4.69) is 9.97 Å². The minimum absolute atomic E-state index is 0.0914. The minimum Gasteiger partial charge on any atom is -0.496 e. The van der Waals surface area contributed by atoms with E-state index < -0.39 is 4.48 Å². The molecule has 0 aliphatic carbocycles. The van der Waals surface area contributed by atoms with Crippen molar-refractivity contribution in [3.05, 3.63) is 124 Å². The van der Waals surface area contributed by atoms with Gasteiger partial charge >= 0.3 is 5.91 Å². The van der Waals surface area contributed by atoms with E-state index in [-0.39, 0.29) is 34.5 Å². The zero-order chi connectivity index (χ0) is 29.7. The van der Waals surface area contributed by atoms with E-state index in [4.69, 9.17) is 49.0 Å². The molecule has 1 unspecified atom stereocenters. The van der Waals surface area contributed by atoms with Crippen molar-refractivity contribution < 1.29 is 19.0 Å². The molecule has 0 aliphatic rings. The lowest BCUT2D eigenvalue weighted by molar-refractivity contribution is -0.125. The van der Waals surface area contributed by atoms with Gasteiger partial charge in [0.05, 0.1) is 14.0 Å². The Balaban J connectivity index is 1.79. The molecule has 0 fully saturated rings. The normalized spacial score (nSPS) is 12.3. The molecule has 1 atom stereocenters. The highest BCUT2D eigenvalue weighted by Crippen LogP contribution is 2.49. The highest BCUT2D eigenvalue weighted by molar-refractivity contribution is 6.30. The summed E-state index contributed by atoms with van der Waals surface area (Å²) in [5, 5.41) is 0.911. The van der Waals surface area contributed by atoms with E-state index in [1.165, 1.54) is 6.92 Å². The monoisotopic (exact) mass is 620 g/mol. The smallest absolute Gasteiger partial charge is 0.321 e. The number of rotatable bonds is 9. The second-order valence-electron chi connectivity index (χ2n) is 9.19. The highest BCUT2D eigenvalue weighted by Gasteiger charge is 2.46. The summed E-state index contributed by atoms with van der Waals surface area (Å²) in [5.74, 6) is 1.51. The lowest BCUT2D eigenvalue weighted by atomic mass is 10.1. The first-order valence-corrected chi connectivity index (χ1v) is 13.9. The lowest BCUT2D eigenvalue weighted by Crippen LogP contribution is -2.48. The van der Waals surface area contributed by atoms with E-state index in [1.54, 1.807) is 67.8 Å². The molecule has 10 heteroatoms. The van der Waals surface area contributed by atoms with Gasteiger partial charge in [-0.15, -0.1) is 0 Å². The number of nitrogens with zero attached hydrogens (tertiary/aromatic N) is 3. The van der Waals surface area contributed by atoms with Gasteiger partial charge in [-0.2, -0.15) is 14.5 Å². The van der Waals surface area contributed by atoms with Crippen LogP contribution in [-0.4, -0.2) is 23.0 Å². The summed E-state index contributed by atoms with van der Waals surface area (Å²) in [7, 11) is 1.58. The van der Waals surface area contributed by atoms with E-state index in [0.717, 1.165) is 5.56 Å². The van der Waals surface area contributed by atoms with E-state index in [9.17, 15) is 4.79 Å². The van der Waals surface area contributed by atoms with E-state index in [0.29, 0.717) is 33.6 Å². The number of quaternary nitrogens is 1. The van der Waals surface area contributed by atoms with Crippen molar-refractivity contribution in [2.75, 3.05) is 7.11 Å². The van der Waals surface area contributed by atoms with Crippen LogP contribution in [0.2, 0.25) is 15.3 Å².